The second kappa shape index (κ2) is 10.2. The first-order chi connectivity index (χ1) is 13.0. The fourth-order valence-corrected chi connectivity index (χ4v) is 2.52. The Morgan fingerprint density at radius 3 is 2.81 bits per heavy atom. The first-order valence-corrected chi connectivity index (χ1v) is 8.59. The van der Waals surface area contributed by atoms with Crippen LogP contribution in [0.15, 0.2) is 42.5 Å². The van der Waals surface area contributed by atoms with Gasteiger partial charge in [-0.2, -0.15) is 5.26 Å². The molecule has 0 radical (unpaired) electrons. The van der Waals surface area contributed by atoms with E-state index in [4.69, 9.17) is 10.00 Å². The van der Waals surface area contributed by atoms with Gasteiger partial charge in [-0.1, -0.05) is 12.1 Å². The number of ether oxygens (including phenoxy) is 1. The van der Waals surface area contributed by atoms with Crippen LogP contribution < -0.4 is 15.4 Å². The van der Waals surface area contributed by atoms with Gasteiger partial charge in [-0.25, -0.2) is 0 Å². The molecule has 0 aromatic heterocycles. The van der Waals surface area contributed by atoms with Crippen LogP contribution in [0.25, 0.3) is 0 Å². The summed E-state index contributed by atoms with van der Waals surface area (Å²) in [7, 11) is 0. The molecule has 7 heteroatoms. The molecule has 2 aromatic rings. The predicted octanol–water partition coefficient (Wildman–Crippen LogP) is 1.79. The van der Waals surface area contributed by atoms with E-state index in [0.29, 0.717) is 36.5 Å². The lowest BCUT2D eigenvalue weighted by Gasteiger charge is -2.15. The lowest BCUT2D eigenvalue weighted by atomic mass is 10.1. The van der Waals surface area contributed by atoms with Crippen molar-refractivity contribution in [2.75, 3.05) is 25.0 Å². The van der Waals surface area contributed by atoms with Gasteiger partial charge >= 0.3 is 0 Å². The quantitative estimate of drug-likeness (QED) is 0.396. The maximum absolute atomic E-state index is 11.2. The summed E-state index contributed by atoms with van der Waals surface area (Å²) in [5.41, 5.74) is 1.87. The second-order valence-corrected chi connectivity index (χ2v) is 6.05. The van der Waals surface area contributed by atoms with E-state index in [0.717, 1.165) is 5.56 Å². The van der Waals surface area contributed by atoms with Crippen LogP contribution in [0.5, 0.6) is 11.5 Å². The number of para-hydroxylation sites is 1. The summed E-state index contributed by atoms with van der Waals surface area (Å²) in [6, 6.07) is 13.7. The number of anilines is 1. The van der Waals surface area contributed by atoms with Crippen LogP contribution in [0.1, 0.15) is 18.1 Å². The van der Waals surface area contributed by atoms with Gasteiger partial charge in [-0.3, -0.25) is 4.79 Å². The third-order valence-corrected chi connectivity index (χ3v) is 3.79. The van der Waals surface area contributed by atoms with Crippen LogP contribution in [0.3, 0.4) is 0 Å². The van der Waals surface area contributed by atoms with E-state index >= 15 is 0 Å². The molecular weight excluding hydrogens is 346 g/mol. The van der Waals surface area contributed by atoms with Gasteiger partial charge in [0.25, 0.3) is 0 Å². The lowest BCUT2D eigenvalue weighted by molar-refractivity contribution is -0.114. The number of hydrogen-bond acceptors (Lipinski definition) is 6. The fraction of sp³-hybridized carbons (Fsp3) is 0.300. The second-order valence-electron chi connectivity index (χ2n) is 6.05. The molecule has 27 heavy (non-hydrogen) atoms. The molecule has 1 unspecified atom stereocenters. The number of carbonyl (C=O) groups excluding carboxylic acids is 1. The highest BCUT2D eigenvalue weighted by molar-refractivity contribution is 5.89. The summed E-state index contributed by atoms with van der Waals surface area (Å²) < 4.78 is 5.49. The average molecular weight is 369 g/mol. The minimum atomic E-state index is -0.740. The lowest BCUT2D eigenvalue weighted by Crippen LogP contribution is -2.32. The number of aliphatic hydroxyl groups excluding tert-OH is 1. The number of benzene rings is 2. The minimum absolute atomic E-state index is 0.0644. The summed E-state index contributed by atoms with van der Waals surface area (Å²) >= 11 is 0. The average Bonchev–Trinajstić information content (AvgIpc) is 2.65. The highest BCUT2D eigenvalue weighted by atomic mass is 16.5. The van der Waals surface area contributed by atoms with Crippen molar-refractivity contribution in [3.63, 3.8) is 0 Å². The highest BCUT2D eigenvalue weighted by Crippen LogP contribution is 2.21. The molecule has 0 aliphatic carbocycles. The van der Waals surface area contributed by atoms with Gasteiger partial charge in [0.1, 0.15) is 30.3 Å². The van der Waals surface area contributed by atoms with Crippen molar-refractivity contribution in [2.24, 2.45) is 0 Å². The number of phenolic OH excluding ortho intramolecular Hbond substituents is 1. The van der Waals surface area contributed by atoms with Gasteiger partial charge in [-0.15, -0.1) is 0 Å². The Balaban J connectivity index is 1.77. The topological polar surface area (TPSA) is 115 Å². The smallest absolute Gasteiger partial charge is 0.221 e. The van der Waals surface area contributed by atoms with Crippen molar-refractivity contribution in [1.29, 1.82) is 5.26 Å². The van der Waals surface area contributed by atoms with Crippen molar-refractivity contribution in [3.05, 3.63) is 53.6 Å². The van der Waals surface area contributed by atoms with E-state index in [1.165, 1.54) is 13.0 Å². The van der Waals surface area contributed by atoms with Crippen LogP contribution in [-0.2, 0) is 11.2 Å². The zero-order valence-corrected chi connectivity index (χ0v) is 15.1. The van der Waals surface area contributed by atoms with Crippen molar-refractivity contribution >= 4 is 11.6 Å². The standard InChI is InChI=1S/C20H23N3O4/c1-14(24)23-19-7-6-17(25)10-15(19)8-9-22-12-18(26)13-27-20-5-3-2-4-16(20)11-21/h2-7,10,18,22,25-26H,8-9,12-13H2,1H3,(H,23,24). The molecule has 0 saturated carbocycles. The van der Waals surface area contributed by atoms with E-state index in [1.54, 1.807) is 36.4 Å². The first-order valence-electron chi connectivity index (χ1n) is 8.59. The van der Waals surface area contributed by atoms with Crippen molar-refractivity contribution < 1.29 is 19.7 Å². The number of nitrogens with zero attached hydrogens (tertiary/aromatic N) is 1. The predicted molar refractivity (Wildman–Crippen MR) is 102 cm³/mol. The van der Waals surface area contributed by atoms with Crippen LogP contribution in [-0.4, -0.2) is 41.9 Å². The molecule has 2 rings (SSSR count). The first kappa shape index (κ1) is 20.2. The maximum atomic E-state index is 11.2. The zero-order chi connectivity index (χ0) is 19.6. The molecule has 1 atom stereocenters. The normalized spacial score (nSPS) is 11.4. The van der Waals surface area contributed by atoms with E-state index in [1.807, 2.05) is 6.07 Å². The molecule has 0 spiro atoms. The Morgan fingerprint density at radius 2 is 2.07 bits per heavy atom. The maximum Gasteiger partial charge on any atom is 0.221 e. The summed E-state index contributed by atoms with van der Waals surface area (Å²) in [5, 5.41) is 34.5. The Morgan fingerprint density at radius 1 is 1.30 bits per heavy atom. The number of amides is 1. The van der Waals surface area contributed by atoms with E-state index in [-0.39, 0.29) is 18.3 Å². The van der Waals surface area contributed by atoms with Gasteiger partial charge < -0.3 is 25.6 Å². The van der Waals surface area contributed by atoms with Crippen LogP contribution in [0.2, 0.25) is 0 Å². The van der Waals surface area contributed by atoms with E-state index in [9.17, 15) is 15.0 Å². The van der Waals surface area contributed by atoms with Crippen LogP contribution in [0.4, 0.5) is 5.69 Å². The van der Waals surface area contributed by atoms with Gasteiger partial charge in [0.15, 0.2) is 0 Å². The molecule has 142 valence electrons. The number of phenols is 1. The number of rotatable bonds is 9. The van der Waals surface area contributed by atoms with Gasteiger partial charge in [0.2, 0.25) is 5.91 Å². The largest absolute Gasteiger partial charge is 0.508 e. The van der Waals surface area contributed by atoms with Gasteiger partial charge in [-0.05, 0) is 48.9 Å². The monoisotopic (exact) mass is 369 g/mol. The zero-order valence-electron chi connectivity index (χ0n) is 15.1. The Bertz CT molecular complexity index is 817. The van der Waals surface area contributed by atoms with E-state index < -0.39 is 6.10 Å². The molecule has 7 nitrogen and oxygen atoms in total. The SMILES string of the molecule is CC(=O)Nc1ccc(O)cc1CCNCC(O)COc1ccccc1C#N. The third-order valence-electron chi connectivity index (χ3n) is 3.79. The number of hydrogen-bond donors (Lipinski definition) is 4. The number of nitriles is 1. The summed E-state index contributed by atoms with van der Waals surface area (Å²) in [6.07, 6.45) is -0.176. The molecular formula is C20H23N3O4. The van der Waals surface area contributed by atoms with Crippen LogP contribution in [0, 0.1) is 11.3 Å². The number of aliphatic hydroxyl groups is 1. The highest BCUT2D eigenvalue weighted by Gasteiger charge is 2.09. The third kappa shape index (κ3) is 6.62. The molecule has 0 aliphatic heterocycles. The van der Waals surface area contributed by atoms with Crippen molar-refractivity contribution in [2.45, 2.75) is 19.4 Å². The fourth-order valence-electron chi connectivity index (χ4n) is 2.52. The summed E-state index contributed by atoms with van der Waals surface area (Å²) in [6.45, 7) is 2.34. The van der Waals surface area contributed by atoms with E-state index in [2.05, 4.69) is 10.6 Å². The molecule has 0 fully saturated rings. The van der Waals surface area contributed by atoms with Gasteiger partial charge in [0.05, 0.1) is 5.56 Å². The summed E-state index contributed by atoms with van der Waals surface area (Å²) in [5.74, 6) is 0.391. The van der Waals surface area contributed by atoms with Gasteiger partial charge in [0, 0.05) is 19.2 Å². The van der Waals surface area contributed by atoms with Crippen molar-refractivity contribution in [3.8, 4) is 17.6 Å². The van der Waals surface area contributed by atoms with Crippen molar-refractivity contribution in [1.82, 2.24) is 5.32 Å². The number of nitrogens with one attached hydrogen (secondary N) is 2. The minimum Gasteiger partial charge on any atom is -0.508 e. The molecule has 0 saturated heterocycles. The number of aromatic hydroxyl groups is 1. The Labute approximate surface area is 158 Å². The molecule has 0 aliphatic rings. The molecule has 2 aromatic carbocycles. The van der Waals surface area contributed by atoms with Crippen LogP contribution >= 0.6 is 0 Å². The summed E-state index contributed by atoms with van der Waals surface area (Å²) in [4.78, 5) is 11.2. The number of carbonyl (C=O) groups is 1. The molecule has 4 N–H and O–H groups in total. The Hall–Kier alpha value is -3.08. The Kier molecular flexibility index (Phi) is 7.62. The molecule has 0 bridgehead atoms. The molecule has 0 heterocycles. The molecule has 1 amide bonds.